The summed E-state index contributed by atoms with van der Waals surface area (Å²) in [5.41, 5.74) is 0.287. The summed E-state index contributed by atoms with van der Waals surface area (Å²) in [4.78, 5) is 2.56. The highest BCUT2D eigenvalue weighted by Gasteiger charge is 2.34. The van der Waals surface area contributed by atoms with E-state index in [4.69, 9.17) is 0 Å². The first-order valence-corrected chi connectivity index (χ1v) is 5.73. The van der Waals surface area contributed by atoms with Gasteiger partial charge in [0.05, 0.1) is 0 Å². The van der Waals surface area contributed by atoms with Crippen LogP contribution >= 0.6 is 0 Å². The summed E-state index contributed by atoms with van der Waals surface area (Å²) in [6.07, 6.45) is 3.74. The molecule has 0 bridgehead atoms. The van der Waals surface area contributed by atoms with Crippen molar-refractivity contribution in [3.63, 3.8) is 0 Å². The summed E-state index contributed by atoms with van der Waals surface area (Å²) in [6.45, 7) is 11.6. The van der Waals surface area contributed by atoms with E-state index in [1.54, 1.807) is 0 Å². The molecule has 1 heterocycles. The topological polar surface area (TPSA) is 23.5 Å². The zero-order valence-corrected chi connectivity index (χ0v) is 10.1. The Kier molecular flexibility index (Phi) is 3.59. The van der Waals surface area contributed by atoms with Crippen molar-refractivity contribution in [3.8, 4) is 0 Å². The van der Waals surface area contributed by atoms with Gasteiger partial charge in [-0.3, -0.25) is 4.90 Å². The third-order valence-electron chi connectivity index (χ3n) is 3.30. The smallest absolute Gasteiger partial charge is 0.0482 e. The summed E-state index contributed by atoms with van der Waals surface area (Å²) in [6, 6.07) is 0. The quantitative estimate of drug-likeness (QED) is 0.751. The van der Waals surface area contributed by atoms with Crippen molar-refractivity contribution in [2.24, 2.45) is 5.41 Å². The normalized spacial score (nSPS) is 20.4. The van der Waals surface area contributed by atoms with Crippen LogP contribution < -0.4 is 0 Å². The summed E-state index contributed by atoms with van der Waals surface area (Å²) in [5.74, 6) is 0. The van der Waals surface area contributed by atoms with Gasteiger partial charge in [0.2, 0.25) is 0 Å². The van der Waals surface area contributed by atoms with Crippen LogP contribution in [0.25, 0.3) is 0 Å². The van der Waals surface area contributed by atoms with E-state index in [0.29, 0.717) is 0 Å². The maximum absolute atomic E-state index is 9.28. The fraction of sp³-hybridized carbons (Fsp3) is 1.00. The first-order chi connectivity index (χ1) is 6.37. The van der Waals surface area contributed by atoms with Crippen LogP contribution in [0, 0.1) is 5.41 Å². The molecule has 1 N–H and O–H groups in total. The summed E-state index contributed by atoms with van der Waals surface area (Å²) in [5, 5.41) is 9.28. The lowest BCUT2D eigenvalue weighted by Crippen LogP contribution is -2.45. The standard InChI is InChI=1S/C12H25NO/c1-11(2,10-14)9-12(3,4)13-7-5-6-8-13/h14H,5-10H2,1-4H3. The van der Waals surface area contributed by atoms with E-state index in [9.17, 15) is 5.11 Å². The van der Waals surface area contributed by atoms with E-state index in [-0.39, 0.29) is 17.6 Å². The number of rotatable bonds is 4. The molecule has 0 spiro atoms. The predicted octanol–water partition coefficient (Wildman–Crippen LogP) is 2.27. The Balaban J connectivity index is 2.55. The molecule has 0 aromatic carbocycles. The molecule has 1 aliphatic heterocycles. The molecule has 2 heteroatoms. The van der Waals surface area contributed by atoms with E-state index < -0.39 is 0 Å². The number of likely N-dealkylation sites (tertiary alicyclic amines) is 1. The number of aliphatic hydroxyl groups is 1. The van der Waals surface area contributed by atoms with Crippen LogP contribution in [0.4, 0.5) is 0 Å². The van der Waals surface area contributed by atoms with Gasteiger partial charge < -0.3 is 5.11 Å². The van der Waals surface area contributed by atoms with Crippen LogP contribution in [0.15, 0.2) is 0 Å². The van der Waals surface area contributed by atoms with Crippen molar-refractivity contribution in [2.45, 2.75) is 52.5 Å². The minimum atomic E-state index is 0.0477. The highest BCUT2D eigenvalue weighted by Crippen LogP contribution is 2.33. The van der Waals surface area contributed by atoms with E-state index >= 15 is 0 Å². The second kappa shape index (κ2) is 4.19. The molecule has 1 fully saturated rings. The Morgan fingerprint density at radius 2 is 1.57 bits per heavy atom. The minimum absolute atomic E-state index is 0.0477. The molecule has 1 rings (SSSR count). The molecule has 84 valence electrons. The van der Waals surface area contributed by atoms with Crippen molar-refractivity contribution >= 4 is 0 Å². The molecular weight excluding hydrogens is 174 g/mol. The summed E-state index contributed by atoms with van der Waals surface area (Å²) >= 11 is 0. The highest BCUT2D eigenvalue weighted by atomic mass is 16.3. The second-order valence-corrected chi connectivity index (χ2v) is 6.01. The fourth-order valence-electron chi connectivity index (χ4n) is 2.66. The van der Waals surface area contributed by atoms with Gasteiger partial charge in [-0.2, -0.15) is 0 Å². The van der Waals surface area contributed by atoms with Crippen molar-refractivity contribution in [1.29, 1.82) is 0 Å². The third kappa shape index (κ3) is 2.96. The molecule has 0 radical (unpaired) electrons. The monoisotopic (exact) mass is 199 g/mol. The van der Waals surface area contributed by atoms with Crippen molar-refractivity contribution in [3.05, 3.63) is 0 Å². The van der Waals surface area contributed by atoms with Gasteiger partial charge in [-0.1, -0.05) is 13.8 Å². The molecule has 1 aliphatic rings. The number of hydrogen-bond donors (Lipinski definition) is 1. The fourth-order valence-corrected chi connectivity index (χ4v) is 2.66. The Bertz CT molecular complexity index is 181. The molecule has 1 saturated heterocycles. The first-order valence-electron chi connectivity index (χ1n) is 5.73. The number of hydrogen-bond acceptors (Lipinski definition) is 2. The van der Waals surface area contributed by atoms with E-state index in [1.807, 2.05) is 0 Å². The molecule has 14 heavy (non-hydrogen) atoms. The van der Waals surface area contributed by atoms with Gasteiger partial charge in [0.1, 0.15) is 0 Å². The lowest BCUT2D eigenvalue weighted by molar-refractivity contribution is 0.0595. The molecule has 0 atom stereocenters. The van der Waals surface area contributed by atoms with Crippen molar-refractivity contribution < 1.29 is 5.11 Å². The summed E-state index contributed by atoms with van der Waals surface area (Å²) in [7, 11) is 0. The third-order valence-corrected chi connectivity index (χ3v) is 3.30. The van der Waals surface area contributed by atoms with E-state index in [2.05, 4.69) is 32.6 Å². The first kappa shape index (κ1) is 12.0. The summed E-state index contributed by atoms with van der Waals surface area (Å²) < 4.78 is 0. The molecule has 0 saturated carbocycles. The lowest BCUT2D eigenvalue weighted by Gasteiger charge is -2.40. The molecular formula is C12H25NO. The zero-order valence-electron chi connectivity index (χ0n) is 10.1. The van der Waals surface area contributed by atoms with Crippen LogP contribution in [0.1, 0.15) is 47.0 Å². The van der Waals surface area contributed by atoms with Crippen LogP contribution in [0.2, 0.25) is 0 Å². The van der Waals surface area contributed by atoms with Crippen molar-refractivity contribution in [2.75, 3.05) is 19.7 Å². The molecule has 0 unspecified atom stereocenters. The minimum Gasteiger partial charge on any atom is -0.396 e. The van der Waals surface area contributed by atoms with Crippen molar-refractivity contribution in [1.82, 2.24) is 4.90 Å². The second-order valence-electron chi connectivity index (χ2n) is 6.01. The van der Waals surface area contributed by atoms with Crippen LogP contribution in [-0.2, 0) is 0 Å². The average Bonchev–Trinajstić information content (AvgIpc) is 2.54. The Hall–Kier alpha value is -0.0800. The maximum Gasteiger partial charge on any atom is 0.0482 e. The van der Waals surface area contributed by atoms with Gasteiger partial charge in [0.15, 0.2) is 0 Å². The van der Waals surface area contributed by atoms with E-state index in [0.717, 1.165) is 6.42 Å². The average molecular weight is 199 g/mol. The largest absolute Gasteiger partial charge is 0.396 e. The van der Waals surface area contributed by atoms with Gasteiger partial charge in [-0.25, -0.2) is 0 Å². The molecule has 2 nitrogen and oxygen atoms in total. The van der Waals surface area contributed by atoms with Crippen LogP contribution in [0.5, 0.6) is 0 Å². The van der Waals surface area contributed by atoms with Gasteiger partial charge in [-0.15, -0.1) is 0 Å². The van der Waals surface area contributed by atoms with Crippen LogP contribution in [-0.4, -0.2) is 35.2 Å². The van der Waals surface area contributed by atoms with Gasteiger partial charge in [0, 0.05) is 12.1 Å². The molecule has 0 aromatic rings. The SMILES string of the molecule is CC(C)(CO)CC(C)(C)N1CCCC1. The Morgan fingerprint density at radius 1 is 1.07 bits per heavy atom. The molecule has 0 aromatic heterocycles. The van der Waals surface area contributed by atoms with E-state index in [1.165, 1.54) is 25.9 Å². The van der Waals surface area contributed by atoms with Crippen LogP contribution in [0.3, 0.4) is 0 Å². The number of nitrogens with zero attached hydrogens (tertiary/aromatic N) is 1. The predicted molar refractivity (Wildman–Crippen MR) is 60.4 cm³/mol. The van der Waals surface area contributed by atoms with Gasteiger partial charge in [0.25, 0.3) is 0 Å². The molecule has 0 aliphatic carbocycles. The maximum atomic E-state index is 9.28. The number of aliphatic hydroxyl groups excluding tert-OH is 1. The van der Waals surface area contributed by atoms with Gasteiger partial charge >= 0.3 is 0 Å². The molecule has 0 amide bonds. The lowest BCUT2D eigenvalue weighted by atomic mass is 9.80. The Morgan fingerprint density at radius 3 is 2.00 bits per heavy atom. The highest BCUT2D eigenvalue weighted by molar-refractivity contribution is 4.89. The Labute approximate surface area is 88.3 Å². The van der Waals surface area contributed by atoms with Gasteiger partial charge in [-0.05, 0) is 51.6 Å². The zero-order chi connectivity index (χ0) is 10.8.